The Morgan fingerprint density at radius 3 is 2.57 bits per heavy atom. The van der Waals surface area contributed by atoms with Crippen molar-refractivity contribution >= 4 is 17.4 Å². The summed E-state index contributed by atoms with van der Waals surface area (Å²) in [4.78, 5) is 22.1. The van der Waals surface area contributed by atoms with Crippen LogP contribution in [0.15, 0.2) is 48.5 Å². The van der Waals surface area contributed by atoms with E-state index in [-0.39, 0.29) is 5.69 Å². The van der Waals surface area contributed by atoms with Crippen molar-refractivity contribution in [3.8, 4) is 0 Å². The van der Waals surface area contributed by atoms with Gasteiger partial charge in [-0.1, -0.05) is 36.4 Å². The topological polar surface area (TPSA) is 84.3 Å². The van der Waals surface area contributed by atoms with Gasteiger partial charge in [-0.05, 0) is 18.6 Å². The molecular weight excluding hydrogens is 270 g/mol. The molecule has 0 unspecified atom stereocenters. The summed E-state index contributed by atoms with van der Waals surface area (Å²) in [5.74, 6) is 0. The molecule has 0 radical (unpaired) electrons. The van der Waals surface area contributed by atoms with E-state index in [1.807, 2.05) is 30.3 Å². The molecule has 0 fully saturated rings. The van der Waals surface area contributed by atoms with Crippen molar-refractivity contribution in [3.05, 3.63) is 69.8 Å². The molecule has 0 saturated carbocycles. The molecule has 2 amide bonds. The van der Waals surface area contributed by atoms with E-state index in [1.54, 1.807) is 19.1 Å². The second kappa shape index (κ2) is 6.51. The third-order valence-corrected chi connectivity index (χ3v) is 2.96. The van der Waals surface area contributed by atoms with E-state index in [9.17, 15) is 14.9 Å². The van der Waals surface area contributed by atoms with Gasteiger partial charge in [0, 0.05) is 23.9 Å². The zero-order valence-electron chi connectivity index (χ0n) is 11.5. The molecule has 0 saturated heterocycles. The highest BCUT2D eigenvalue weighted by Crippen LogP contribution is 2.22. The number of rotatable bonds is 4. The Morgan fingerprint density at radius 2 is 1.90 bits per heavy atom. The highest BCUT2D eigenvalue weighted by Gasteiger charge is 2.12. The lowest BCUT2D eigenvalue weighted by atomic mass is 10.2. The predicted octanol–water partition coefficient (Wildman–Crippen LogP) is 3.22. The first kappa shape index (κ1) is 14.5. The Labute approximate surface area is 121 Å². The highest BCUT2D eigenvalue weighted by atomic mass is 16.6. The lowest BCUT2D eigenvalue weighted by molar-refractivity contribution is -0.385. The molecule has 2 aromatic rings. The molecule has 2 aromatic carbocycles. The molecule has 0 aliphatic heterocycles. The number of nitro groups is 1. The van der Waals surface area contributed by atoms with Crippen molar-refractivity contribution in [2.75, 3.05) is 5.32 Å². The Balaban J connectivity index is 1.97. The van der Waals surface area contributed by atoms with Crippen molar-refractivity contribution in [1.29, 1.82) is 0 Å². The minimum Gasteiger partial charge on any atom is -0.334 e. The summed E-state index contributed by atoms with van der Waals surface area (Å²) in [6, 6.07) is 13.6. The standard InChI is InChI=1S/C15H15N3O3/c1-11-7-8-13(9-14(11)18(20)21)17-15(19)16-10-12-5-3-2-4-6-12/h2-9H,10H2,1H3,(H2,16,17,19). The SMILES string of the molecule is Cc1ccc(NC(=O)NCc2ccccc2)cc1[N+](=O)[O-]. The quantitative estimate of drug-likeness (QED) is 0.668. The molecule has 0 aliphatic carbocycles. The Morgan fingerprint density at radius 1 is 1.19 bits per heavy atom. The van der Waals surface area contributed by atoms with Crippen molar-refractivity contribution in [2.45, 2.75) is 13.5 Å². The summed E-state index contributed by atoms with van der Waals surface area (Å²) < 4.78 is 0. The lowest BCUT2D eigenvalue weighted by Crippen LogP contribution is -2.28. The van der Waals surface area contributed by atoms with Crippen LogP contribution in [0.25, 0.3) is 0 Å². The first-order valence-electron chi connectivity index (χ1n) is 6.40. The van der Waals surface area contributed by atoms with Gasteiger partial charge < -0.3 is 10.6 Å². The van der Waals surface area contributed by atoms with Gasteiger partial charge in [0.1, 0.15) is 0 Å². The zero-order chi connectivity index (χ0) is 15.2. The third-order valence-electron chi connectivity index (χ3n) is 2.96. The van der Waals surface area contributed by atoms with Crippen LogP contribution in [0.3, 0.4) is 0 Å². The summed E-state index contributed by atoms with van der Waals surface area (Å²) >= 11 is 0. The van der Waals surface area contributed by atoms with Gasteiger partial charge >= 0.3 is 6.03 Å². The highest BCUT2D eigenvalue weighted by molar-refractivity contribution is 5.89. The number of hydrogen-bond donors (Lipinski definition) is 2. The van der Waals surface area contributed by atoms with E-state index in [4.69, 9.17) is 0 Å². The molecule has 6 heteroatoms. The van der Waals surface area contributed by atoms with Crippen LogP contribution in [0.5, 0.6) is 0 Å². The van der Waals surface area contributed by atoms with E-state index >= 15 is 0 Å². The number of nitrogens with zero attached hydrogens (tertiary/aromatic N) is 1. The van der Waals surface area contributed by atoms with Gasteiger partial charge in [-0.2, -0.15) is 0 Å². The third kappa shape index (κ3) is 4.04. The number of nitro benzene ring substituents is 1. The van der Waals surface area contributed by atoms with Crippen LogP contribution in [0, 0.1) is 17.0 Å². The van der Waals surface area contributed by atoms with Gasteiger partial charge in [0.2, 0.25) is 0 Å². The normalized spacial score (nSPS) is 9.95. The van der Waals surface area contributed by atoms with Crippen molar-refractivity contribution in [2.24, 2.45) is 0 Å². The molecule has 21 heavy (non-hydrogen) atoms. The molecule has 6 nitrogen and oxygen atoms in total. The average Bonchev–Trinajstić information content (AvgIpc) is 2.48. The fourth-order valence-electron chi connectivity index (χ4n) is 1.84. The number of anilines is 1. The van der Waals surface area contributed by atoms with E-state index < -0.39 is 11.0 Å². The number of nitrogens with one attached hydrogen (secondary N) is 2. The fourth-order valence-corrected chi connectivity index (χ4v) is 1.84. The molecule has 0 spiro atoms. The smallest absolute Gasteiger partial charge is 0.319 e. The van der Waals surface area contributed by atoms with Crippen molar-refractivity contribution < 1.29 is 9.72 Å². The number of urea groups is 1. The molecular formula is C15H15N3O3. The largest absolute Gasteiger partial charge is 0.334 e. The number of amides is 2. The van der Waals surface area contributed by atoms with Crippen LogP contribution in [-0.2, 0) is 6.54 Å². The van der Waals surface area contributed by atoms with Gasteiger partial charge in [-0.15, -0.1) is 0 Å². The van der Waals surface area contributed by atoms with E-state index in [2.05, 4.69) is 10.6 Å². The zero-order valence-corrected chi connectivity index (χ0v) is 11.5. The summed E-state index contributed by atoms with van der Waals surface area (Å²) in [5, 5.41) is 16.1. The number of hydrogen-bond acceptors (Lipinski definition) is 3. The second-order valence-electron chi connectivity index (χ2n) is 4.55. The predicted molar refractivity (Wildman–Crippen MR) is 80.1 cm³/mol. The maximum absolute atomic E-state index is 11.8. The van der Waals surface area contributed by atoms with Gasteiger partial charge in [-0.25, -0.2) is 4.79 Å². The van der Waals surface area contributed by atoms with Crippen LogP contribution in [0.4, 0.5) is 16.2 Å². The van der Waals surface area contributed by atoms with Gasteiger partial charge in [0.25, 0.3) is 5.69 Å². The van der Waals surface area contributed by atoms with E-state index in [0.29, 0.717) is 17.8 Å². The van der Waals surface area contributed by atoms with Gasteiger partial charge in [-0.3, -0.25) is 10.1 Å². The second-order valence-corrected chi connectivity index (χ2v) is 4.55. The fraction of sp³-hybridized carbons (Fsp3) is 0.133. The minimum absolute atomic E-state index is 0.0177. The Kier molecular flexibility index (Phi) is 4.50. The van der Waals surface area contributed by atoms with Crippen LogP contribution in [0.2, 0.25) is 0 Å². The molecule has 108 valence electrons. The summed E-state index contributed by atoms with van der Waals surface area (Å²) in [6.07, 6.45) is 0. The number of carbonyl (C=O) groups excluding carboxylic acids is 1. The van der Waals surface area contributed by atoms with Crippen LogP contribution in [-0.4, -0.2) is 11.0 Å². The van der Waals surface area contributed by atoms with Crippen LogP contribution < -0.4 is 10.6 Å². The molecule has 0 atom stereocenters. The van der Waals surface area contributed by atoms with Gasteiger partial charge in [0.15, 0.2) is 0 Å². The number of aryl methyl sites for hydroxylation is 1. The van der Waals surface area contributed by atoms with Crippen LogP contribution in [0.1, 0.15) is 11.1 Å². The molecule has 2 rings (SSSR count). The first-order valence-corrected chi connectivity index (χ1v) is 6.40. The van der Waals surface area contributed by atoms with Crippen molar-refractivity contribution in [1.82, 2.24) is 5.32 Å². The number of carbonyl (C=O) groups is 1. The lowest BCUT2D eigenvalue weighted by Gasteiger charge is -2.08. The number of benzene rings is 2. The molecule has 0 aromatic heterocycles. The van der Waals surface area contributed by atoms with Gasteiger partial charge in [0.05, 0.1) is 4.92 Å². The minimum atomic E-state index is -0.470. The van der Waals surface area contributed by atoms with E-state index in [1.165, 1.54) is 6.07 Å². The maximum Gasteiger partial charge on any atom is 0.319 e. The first-order chi connectivity index (χ1) is 10.1. The summed E-state index contributed by atoms with van der Waals surface area (Å²) in [7, 11) is 0. The maximum atomic E-state index is 11.8. The molecule has 0 bridgehead atoms. The Hall–Kier alpha value is -2.89. The molecule has 0 aliphatic rings. The summed E-state index contributed by atoms with van der Waals surface area (Å²) in [6.45, 7) is 2.04. The average molecular weight is 285 g/mol. The molecule has 2 N–H and O–H groups in total. The van der Waals surface area contributed by atoms with E-state index in [0.717, 1.165) is 5.56 Å². The van der Waals surface area contributed by atoms with Crippen molar-refractivity contribution in [3.63, 3.8) is 0 Å². The van der Waals surface area contributed by atoms with Crippen LogP contribution >= 0.6 is 0 Å². The monoisotopic (exact) mass is 285 g/mol. The molecule has 0 heterocycles. The summed E-state index contributed by atoms with van der Waals surface area (Å²) in [5.41, 5.74) is 1.89. The Bertz CT molecular complexity index is 656.